The molecule has 88 valence electrons. The summed E-state index contributed by atoms with van der Waals surface area (Å²) < 4.78 is 0. The second-order valence-electron chi connectivity index (χ2n) is 3.96. The lowest BCUT2D eigenvalue weighted by atomic mass is 10.1. The van der Waals surface area contributed by atoms with Crippen molar-refractivity contribution >= 4 is 51.5 Å². The van der Waals surface area contributed by atoms with Gasteiger partial charge in [-0.15, -0.1) is 23.5 Å². The van der Waals surface area contributed by atoms with Crippen LogP contribution < -0.4 is 0 Å². The molecule has 1 fully saturated rings. The van der Waals surface area contributed by atoms with Crippen LogP contribution in [0.3, 0.4) is 0 Å². The molecule has 2 heterocycles. The summed E-state index contributed by atoms with van der Waals surface area (Å²) >= 11 is 9.28. The molecule has 1 saturated heterocycles. The van der Waals surface area contributed by atoms with Crippen LogP contribution in [0.2, 0.25) is 0 Å². The van der Waals surface area contributed by atoms with Crippen molar-refractivity contribution < 1.29 is 0 Å². The Hall–Kier alpha value is -0.520. The largest absolute Gasteiger partial charge is 0.343 e. The average Bonchev–Trinajstić information content (AvgIpc) is 2.81. The minimum atomic E-state index is 0.370. The van der Waals surface area contributed by atoms with Crippen molar-refractivity contribution in [1.29, 1.82) is 0 Å². The second kappa shape index (κ2) is 4.63. The molecule has 0 aromatic heterocycles. The highest BCUT2D eigenvalue weighted by atomic mass is 32.2. The smallest absolute Gasteiger partial charge is 0.112 e. The van der Waals surface area contributed by atoms with Gasteiger partial charge >= 0.3 is 0 Å². The highest BCUT2D eigenvalue weighted by Crippen LogP contribution is 2.34. The molecule has 0 saturated carbocycles. The fourth-order valence-corrected chi connectivity index (χ4v) is 4.53. The van der Waals surface area contributed by atoms with E-state index in [0.717, 1.165) is 27.9 Å². The van der Waals surface area contributed by atoms with E-state index in [1.165, 1.54) is 5.04 Å². The van der Waals surface area contributed by atoms with Crippen LogP contribution in [-0.2, 0) is 0 Å². The maximum absolute atomic E-state index is 5.62. The van der Waals surface area contributed by atoms with Crippen molar-refractivity contribution in [3.63, 3.8) is 0 Å². The van der Waals surface area contributed by atoms with Crippen LogP contribution in [-0.4, -0.2) is 38.9 Å². The minimum Gasteiger partial charge on any atom is -0.343 e. The molecular weight excluding hydrogens is 268 g/mol. The quantitative estimate of drug-likeness (QED) is 0.678. The SMILES string of the molecule is CSC1=Nc2ccccc2C(=S)N2CSCC12. The van der Waals surface area contributed by atoms with E-state index < -0.39 is 0 Å². The third-order valence-corrected chi connectivity index (χ3v) is 5.25. The molecule has 1 atom stereocenters. The first-order chi connectivity index (χ1) is 8.31. The van der Waals surface area contributed by atoms with Gasteiger partial charge in [0.2, 0.25) is 0 Å². The van der Waals surface area contributed by atoms with Gasteiger partial charge in [-0.2, -0.15) is 0 Å². The monoisotopic (exact) mass is 280 g/mol. The van der Waals surface area contributed by atoms with Gasteiger partial charge in [0.15, 0.2) is 0 Å². The van der Waals surface area contributed by atoms with Crippen LogP contribution in [0.25, 0.3) is 0 Å². The number of hydrogen-bond acceptors (Lipinski definition) is 4. The lowest BCUT2D eigenvalue weighted by molar-refractivity contribution is 0.499. The Morgan fingerprint density at radius 2 is 2.29 bits per heavy atom. The van der Waals surface area contributed by atoms with Crippen molar-refractivity contribution in [2.75, 3.05) is 17.9 Å². The van der Waals surface area contributed by atoms with Gasteiger partial charge in [0, 0.05) is 11.3 Å². The molecule has 0 N–H and O–H groups in total. The summed E-state index contributed by atoms with van der Waals surface area (Å²) in [6, 6.07) is 8.55. The van der Waals surface area contributed by atoms with E-state index in [1.54, 1.807) is 11.8 Å². The Kier molecular flexibility index (Phi) is 3.15. The van der Waals surface area contributed by atoms with Gasteiger partial charge in [-0.1, -0.05) is 24.4 Å². The molecule has 2 aliphatic heterocycles. The molecule has 0 aliphatic carbocycles. The second-order valence-corrected chi connectivity index (χ2v) is 6.17. The third kappa shape index (κ3) is 1.90. The van der Waals surface area contributed by atoms with Crippen LogP contribution >= 0.6 is 35.7 Å². The molecule has 0 bridgehead atoms. The lowest BCUT2D eigenvalue weighted by Crippen LogP contribution is -2.39. The van der Waals surface area contributed by atoms with E-state index in [9.17, 15) is 0 Å². The minimum absolute atomic E-state index is 0.370. The maximum Gasteiger partial charge on any atom is 0.112 e. The van der Waals surface area contributed by atoms with Gasteiger partial charge in [-0.05, 0) is 18.4 Å². The normalized spacial score (nSPS) is 22.9. The summed E-state index contributed by atoms with van der Waals surface area (Å²) in [4.78, 5) is 8.04. The molecule has 0 radical (unpaired) electrons. The van der Waals surface area contributed by atoms with Gasteiger partial charge in [0.1, 0.15) is 4.99 Å². The number of thiocarbonyl (C=S) groups is 1. The van der Waals surface area contributed by atoms with Crippen molar-refractivity contribution in [1.82, 2.24) is 4.90 Å². The first-order valence-corrected chi connectivity index (χ1v) is 8.20. The predicted molar refractivity (Wildman–Crippen MR) is 81.7 cm³/mol. The van der Waals surface area contributed by atoms with E-state index >= 15 is 0 Å². The average molecular weight is 280 g/mol. The topological polar surface area (TPSA) is 15.6 Å². The number of hydrogen-bond donors (Lipinski definition) is 0. The molecule has 17 heavy (non-hydrogen) atoms. The van der Waals surface area contributed by atoms with Crippen molar-refractivity contribution in [2.24, 2.45) is 4.99 Å². The summed E-state index contributed by atoms with van der Waals surface area (Å²) in [5.41, 5.74) is 2.11. The zero-order valence-corrected chi connectivity index (χ0v) is 11.9. The summed E-state index contributed by atoms with van der Waals surface area (Å²) in [5.74, 6) is 2.07. The molecule has 2 nitrogen and oxygen atoms in total. The van der Waals surface area contributed by atoms with E-state index in [1.807, 2.05) is 30.0 Å². The summed E-state index contributed by atoms with van der Waals surface area (Å²) in [6.45, 7) is 0. The zero-order chi connectivity index (χ0) is 11.8. The van der Waals surface area contributed by atoms with Crippen LogP contribution in [0.4, 0.5) is 5.69 Å². The van der Waals surface area contributed by atoms with E-state index in [2.05, 4.69) is 17.2 Å². The number of fused-ring (bicyclic) bond motifs is 2. The van der Waals surface area contributed by atoms with E-state index in [0.29, 0.717) is 6.04 Å². The Morgan fingerprint density at radius 1 is 1.47 bits per heavy atom. The number of nitrogens with zero attached hydrogens (tertiary/aromatic N) is 2. The van der Waals surface area contributed by atoms with Crippen LogP contribution in [0, 0.1) is 0 Å². The molecule has 1 aromatic rings. The van der Waals surface area contributed by atoms with Crippen molar-refractivity contribution in [3.05, 3.63) is 29.8 Å². The Bertz CT molecular complexity index is 498. The van der Waals surface area contributed by atoms with Gasteiger partial charge < -0.3 is 4.90 Å². The van der Waals surface area contributed by atoms with Gasteiger partial charge in [-0.25, -0.2) is 4.99 Å². The molecule has 5 heteroatoms. The van der Waals surface area contributed by atoms with E-state index in [4.69, 9.17) is 17.2 Å². The van der Waals surface area contributed by atoms with Crippen molar-refractivity contribution in [3.8, 4) is 0 Å². The van der Waals surface area contributed by atoms with Crippen molar-refractivity contribution in [2.45, 2.75) is 6.04 Å². The number of para-hydroxylation sites is 1. The van der Waals surface area contributed by atoms with Gasteiger partial charge in [0.25, 0.3) is 0 Å². The van der Waals surface area contributed by atoms with Crippen LogP contribution in [0.5, 0.6) is 0 Å². The predicted octanol–water partition coefficient (Wildman–Crippen LogP) is 3.14. The fraction of sp³-hybridized carbons (Fsp3) is 0.333. The Balaban J connectivity index is 2.15. The number of benzene rings is 1. The summed E-state index contributed by atoms with van der Waals surface area (Å²) in [7, 11) is 0. The first-order valence-electron chi connectivity index (χ1n) is 5.41. The molecular formula is C12H12N2S3. The van der Waals surface area contributed by atoms with E-state index in [-0.39, 0.29) is 0 Å². The Morgan fingerprint density at radius 3 is 3.12 bits per heavy atom. The highest BCUT2D eigenvalue weighted by molar-refractivity contribution is 8.13. The molecule has 2 aliphatic rings. The molecule has 1 aromatic carbocycles. The highest BCUT2D eigenvalue weighted by Gasteiger charge is 2.34. The number of thioether (sulfide) groups is 2. The fourth-order valence-electron chi connectivity index (χ4n) is 2.13. The molecule has 1 unspecified atom stereocenters. The molecule has 0 spiro atoms. The van der Waals surface area contributed by atoms with Crippen LogP contribution in [0.1, 0.15) is 5.56 Å². The van der Waals surface area contributed by atoms with Crippen LogP contribution in [0.15, 0.2) is 29.3 Å². The lowest BCUT2D eigenvalue weighted by Gasteiger charge is -2.24. The molecule has 3 rings (SSSR count). The number of aliphatic imine (C=N–C) groups is 1. The molecule has 0 amide bonds. The van der Waals surface area contributed by atoms with Gasteiger partial charge in [0.05, 0.1) is 22.6 Å². The zero-order valence-electron chi connectivity index (χ0n) is 9.42. The summed E-state index contributed by atoms with van der Waals surface area (Å²) in [6.07, 6.45) is 2.09. The third-order valence-electron chi connectivity index (χ3n) is 3.00. The Labute approximate surface area is 115 Å². The summed E-state index contributed by atoms with van der Waals surface area (Å²) in [5, 5.41) is 1.18. The van der Waals surface area contributed by atoms with Gasteiger partial charge in [-0.3, -0.25) is 0 Å². The standard InChI is InChI=1S/C12H12N2S3/c1-16-11-10-6-17-7-14(10)12(15)8-4-2-3-5-9(8)13-11/h2-5,10H,6-7H2,1H3. The number of rotatable bonds is 0. The first kappa shape index (κ1) is 11.6. The maximum atomic E-state index is 5.62.